The normalized spacial score (nSPS) is 12.2. The first-order valence-electron chi connectivity index (χ1n) is 4.35. The van der Waals surface area contributed by atoms with Crippen LogP contribution in [0.25, 0.3) is 0 Å². The lowest BCUT2D eigenvalue weighted by Gasteiger charge is -2.10. The number of rotatable bonds is 5. The van der Waals surface area contributed by atoms with E-state index in [0.717, 1.165) is 6.42 Å². The molecule has 0 saturated heterocycles. The lowest BCUT2D eigenvalue weighted by atomic mass is 10.2. The predicted molar refractivity (Wildman–Crippen MR) is 47.8 cm³/mol. The van der Waals surface area contributed by atoms with Crippen molar-refractivity contribution in [3.05, 3.63) is 0 Å². The Bertz CT molecular complexity index is 166. The van der Waals surface area contributed by atoms with E-state index in [-0.39, 0.29) is 17.7 Å². The molecular formula is C9H17NO2. The largest absolute Gasteiger partial charge is 0.354 e. The summed E-state index contributed by atoms with van der Waals surface area (Å²) in [5, 5.41) is 2.79. The zero-order valence-corrected chi connectivity index (χ0v) is 8.02. The average molecular weight is 171 g/mol. The van der Waals surface area contributed by atoms with Gasteiger partial charge in [-0.1, -0.05) is 6.92 Å². The molecule has 1 unspecified atom stereocenters. The number of hydrogen-bond acceptors (Lipinski definition) is 2. The van der Waals surface area contributed by atoms with Crippen LogP contribution < -0.4 is 5.32 Å². The molecule has 0 fully saturated rings. The summed E-state index contributed by atoms with van der Waals surface area (Å²) in [4.78, 5) is 21.6. The van der Waals surface area contributed by atoms with Crippen molar-refractivity contribution in [1.29, 1.82) is 0 Å². The van der Waals surface area contributed by atoms with Crippen molar-refractivity contribution in [2.75, 3.05) is 0 Å². The summed E-state index contributed by atoms with van der Waals surface area (Å²) in [5.74, 6) is 0.0360. The highest BCUT2D eigenvalue weighted by molar-refractivity contribution is 5.83. The summed E-state index contributed by atoms with van der Waals surface area (Å²) in [6, 6.07) is 0.212. The molecule has 1 atom stereocenters. The van der Waals surface area contributed by atoms with Gasteiger partial charge in [-0.3, -0.25) is 4.79 Å². The molecule has 0 aromatic rings. The Morgan fingerprint density at radius 2 is 1.92 bits per heavy atom. The molecule has 3 nitrogen and oxygen atoms in total. The topological polar surface area (TPSA) is 46.2 Å². The van der Waals surface area contributed by atoms with E-state index in [1.165, 1.54) is 6.92 Å². The van der Waals surface area contributed by atoms with E-state index in [1.54, 1.807) is 0 Å². The van der Waals surface area contributed by atoms with Gasteiger partial charge in [0.15, 0.2) is 0 Å². The van der Waals surface area contributed by atoms with Crippen LogP contribution in [0, 0.1) is 0 Å². The van der Waals surface area contributed by atoms with Crippen LogP contribution in [0.2, 0.25) is 0 Å². The van der Waals surface area contributed by atoms with Crippen LogP contribution in [-0.4, -0.2) is 17.7 Å². The molecule has 0 saturated carbocycles. The minimum Gasteiger partial charge on any atom is -0.354 e. The standard InChI is InChI=1S/C9H17NO2/c1-4-7(2)10-9(12)6-5-8(3)11/h7H,4-6H2,1-3H3,(H,10,12). The molecule has 1 N–H and O–H groups in total. The van der Waals surface area contributed by atoms with Crippen molar-refractivity contribution < 1.29 is 9.59 Å². The minimum absolute atomic E-state index is 0.0282. The first-order chi connectivity index (χ1) is 5.56. The molecule has 0 bridgehead atoms. The third kappa shape index (κ3) is 5.89. The fourth-order valence-corrected chi connectivity index (χ4v) is 0.739. The summed E-state index contributed by atoms with van der Waals surface area (Å²) in [6.07, 6.45) is 1.59. The molecule has 1 amide bonds. The molecule has 0 aliphatic heterocycles. The van der Waals surface area contributed by atoms with E-state index in [1.807, 2.05) is 13.8 Å². The minimum atomic E-state index is -0.0282. The molecule has 0 aromatic heterocycles. The quantitative estimate of drug-likeness (QED) is 0.677. The number of ketones is 1. The molecule has 0 aromatic carbocycles. The number of nitrogens with one attached hydrogen (secondary N) is 1. The van der Waals surface area contributed by atoms with Crippen LogP contribution in [0.4, 0.5) is 0 Å². The number of Topliss-reactive ketones (excluding diaryl/α,β-unsaturated/α-hetero) is 1. The van der Waals surface area contributed by atoms with E-state index >= 15 is 0 Å². The summed E-state index contributed by atoms with van der Waals surface area (Å²) in [7, 11) is 0. The van der Waals surface area contributed by atoms with Gasteiger partial charge in [0.05, 0.1) is 0 Å². The highest BCUT2D eigenvalue weighted by Crippen LogP contribution is 1.93. The zero-order chi connectivity index (χ0) is 9.56. The monoisotopic (exact) mass is 171 g/mol. The highest BCUT2D eigenvalue weighted by Gasteiger charge is 2.05. The Balaban J connectivity index is 3.53. The van der Waals surface area contributed by atoms with Gasteiger partial charge in [-0.05, 0) is 20.3 Å². The third-order valence-electron chi connectivity index (χ3n) is 1.72. The molecule has 3 heteroatoms. The Morgan fingerprint density at radius 1 is 1.33 bits per heavy atom. The van der Waals surface area contributed by atoms with Crippen molar-refractivity contribution in [2.24, 2.45) is 0 Å². The van der Waals surface area contributed by atoms with Gasteiger partial charge >= 0.3 is 0 Å². The van der Waals surface area contributed by atoms with Crippen LogP contribution in [0.15, 0.2) is 0 Å². The van der Waals surface area contributed by atoms with Gasteiger partial charge in [0.1, 0.15) is 5.78 Å². The fourth-order valence-electron chi connectivity index (χ4n) is 0.739. The molecule has 0 heterocycles. The van der Waals surface area contributed by atoms with E-state index in [2.05, 4.69) is 5.32 Å². The van der Waals surface area contributed by atoms with Crippen molar-refractivity contribution in [3.8, 4) is 0 Å². The molecule has 70 valence electrons. The zero-order valence-electron chi connectivity index (χ0n) is 8.02. The van der Waals surface area contributed by atoms with Gasteiger partial charge in [0, 0.05) is 18.9 Å². The Morgan fingerprint density at radius 3 is 2.33 bits per heavy atom. The molecular weight excluding hydrogens is 154 g/mol. The highest BCUT2D eigenvalue weighted by atomic mass is 16.2. The van der Waals surface area contributed by atoms with Crippen LogP contribution in [0.1, 0.15) is 40.0 Å². The SMILES string of the molecule is CCC(C)NC(=O)CCC(C)=O. The third-order valence-corrected chi connectivity index (χ3v) is 1.72. The maximum absolute atomic E-state index is 11.1. The lowest BCUT2D eigenvalue weighted by molar-refractivity contribution is -0.125. The second-order valence-electron chi connectivity index (χ2n) is 3.08. The van der Waals surface area contributed by atoms with Crippen LogP contribution in [-0.2, 0) is 9.59 Å². The summed E-state index contributed by atoms with van der Waals surface area (Å²) < 4.78 is 0. The first kappa shape index (κ1) is 11.1. The van der Waals surface area contributed by atoms with Gasteiger partial charge in [-0.15, -0.1) is 0 Å². The Hall–Kier alpha value is -0.860. The summed E-state index contributed by atoms with van der Waals surface area (Å²) >= 11 is 0. The van der Waals surface area contributed by atoms with Gasteiger partial charge in [0.25, 0.3) is 0 Å². The molecule has 0 aliphatic carbocycles. The molecule has 0 rings (SSSR count). The molecule has 0 spiro atoms. The van der Waals surface area contributed by atoms with E-state index in [4.69, 9.17) is 0 Å². The van der Waals surface area contributed by atoms with Gasteiger partial charge in [-0.2, -0.15) is 0 Å². The maximum atomic E-state index is 11.1. The van der Waals surface area contributed by atoms with Gasteiger partial charge in [0.2, 0.25) is 5.91 Å². The van der Waals surface area contributed by atoms with Gasteiger partial charge < -0.3 is 10.1 Å². The van der Waals surface area contributed by atoms with Crippen molar-refractivity contribution in [3.63, 3.8) is 0 Å². The van der Waals surface area contributed by atoms with Crippen molar-refractivity contribution in [2.45, 2.75) is 46.1 Å². The number of carbonyl (C=O) groups excluding carboxylic acids is 2. The van der Waals surface area contributed by atoms with Crippen molar-refractivity contribution >= 4 is 11.7 Å². The first-order valence-corrected chi connectivity index (χ1v) is 4.35. The molecule has 0 aliphatic rings. The van der Waals surface area contributed by atoms with Gasteiger partial charge in [-0.25, -0.2) is 0 Å². The number of amides is 1. The van der Waals surface area contributed by atoms with E-state index in [0.29, 0.717) is 12.8 Å². The predicted octanol–water partition coefficient (Wildman–Crippen LogP) is 1.27. The number of hydrogen-bond donors (Lipinski definition) is 1. The van der Waals surface area contributed by atoms with E-state index in [9.17, 15) is 9.59 Å². The maximum Gasteiger partial charge on any atom is 0.220 e. The van der Waals surface area contributed by atoms with Crippen LogP contribution in [0.5, 0.6) is 0 Å². The second kappa shape index (κ2) is 5.75. The fraction of sp³-hybridized carbons (Fsp3) is 0.778. The average Bonchev–Trinajstić information content (AvgIpc) is 2.00. The summed E-state index contributed by atoms with van der Waals surface area (Å²) in [6.45, 7) is 5.46. The van der Waals surface area contributed by atoms with Crippen LogP contribution >= 0.6 is 0 Å². The second-order valence-corrected chi connectivity index (χ2v) is 3.08. The molecule has 12 heavy (non-hydrogen) atoms. The smallest absolute Gasteiger partial charge is 0.220 e. The lowest BCUT2D eigenvalue weighted by Crippen LogP contribution is -2.31. The Kier molecular flexibility index (Phi) is 5.34. The van der Waals surface area contributed by atoms with E-state index < -0.39 is 0 Å². The number of carbonyl (C=O) groups is 2. The van der Waals surface area contributed by atoms with Crippen molar-refractivity contribution in [1.82, 2.24) is 5.32 Å². The molecule has 0 radical (unpaired) electrons. The summed E-state index contributed by atoms with van der Waals surface area (Å²) in [5.41, 5.74) is 0. The Labute approximate surface area is 73.5 Å². The van der Waals surface area contributed by atoms with Crippen LogP contribution in [0.3, 0.4) is 0 Å².